The summed E-state index contributed by atoms with van der Waals surface area (Å²) in [6.45, 7) is 4.42. The molecule has 1 atom stereocenters. The van der Waals surface area contributed by atoms with Crippen molar-refractivity contribution in [2.75, 3.05) is 20.6 Å². The molecule has 0 spiro atoms. The lowest BCUT2D eigenvalue weighted by Gasteiger charge is -2.17. The van der Waals surface area contributed by atoms with E-state index in [1.165, 1.54) is 30.4 Å². The third-order valence-electron chi connectivity index (χ3n) is 3.66. The van der Waals surface area contributed by atoms with Gasteiger partial charge >= 0.3 is 0 Å². The molecule has 2 heteroatoms. The van der Waals surface area contributed by atoms with Crippen molar-refractivity contribution in [1.82, 2.24) is 10.2 Å². The summed E-state index contributed by atoms with van der Waals surface area (Å²) in [7, 11) is 4.26. The predicted molar refractivity (Wildman–Crippen MR) is 77.9 cm³/mol. The SMILES string of the molecule is CC(CCN(C)C)NCc1cccc(C2CC2)c1. The van der Waals surface area contributed by atoms with Crippen LogP contribution in [0.1, 0.15) is 43.2 Å². The fourth-order valence-electron chi connectivity index (χ4n) is 2.22. The van der Waals surface area contributed by atoms with Crippen molar-refractivity contribution >= 4 is 0 Å². The molecule has 0 radical (unpaired) electrons. The van der Waals surface area contributed by atoms with Crippen LogP contribution in [-0.2, 0) is 6.54 Å². The highest BCUT2D eigenvalue weighted by molar-refractivity contribution is 5.29. The first kappa shape index (κ1) is 13.6. The molecule has 1 aliphatic carbocycles. The highest BCUT2D eigenvalue weighted by Crippen LogP contribution is 2.40. The first-order valence-corrected chi connectivity index (χ1v) is 7.12. The molecule has 1 aliphatic rings. The number of rotatable bonds is 7. The monoisotopic (exact) mass is 246 g/mol. The van der Waals surface area contributed by atoms with E-state index in [0.29, 0.717) is 6.04 Å². The van der Waals surface area contributed by atoms with Gasteiger partial charge in [-0.3, -0.25) is 0 Å². The fourth-order valence-corrected chi connectivity index (χ4v) is 2.22. The molecule has 1 N–H and O–H groups in total. The van der Waals surface area contributed by atoms with Crippen LogP contribution >= 0.6 is 0 Å². The molecule has 0 amide bonds. The lowest BCUT2D eigenvalue weighted by molar-refractivity contribution is 0.365. The Morgan fingerprint density at radius 1 is 1.33 bits per heavy atom. The average molecular weight is 246 g/mol. The van der Waals surface area contributed by atoms with E-state index in [-0.39, 0.29) is 0 Å². The van der Waals surface area contributed by atoms with E-state index >= 15 is 0 Å². The van der Waals surface area contributed by atoms with E-state index in [9.17, 15) is 0 Å². The molecule has 0 bridgehead atoms. The Morgan fingerprint density at radius 2 is 2.11 bits per heavy atom. The minimum atomic E-state index is 0.581. The first-order valence-electron chi connectivity index (χ1n) is 7.12. The van der Waals surface area contributed by atoms with Crippen molar-refractivity contribution in [3.8, 4) is 0 Å². The Bertz CT molecular complexity index is 369. The number of nitrogens with one attached hydrogen (secondary N) is 1. The van der Waals surface area contributed by atoms with Gasteiger partial charge in [0.1, 0.15) is 0 Å². The van der Waals surface area contributed by atoms with Crippen LogP contribution in [0.25, 0.3) is 0 Å². The molecule has 2 rings (SSSR count). The third kappa shape index (κ3) is 4.43. The zero-order valence-electron chi connectivity index (χ0n) is 11.9. The highest BCUT2D eigenvalue weighted by atomic mass is 15.1. The van der Waals surface area contributed by atoms with Crippen molar-refractivity contribution < 1.29 is 0 Å². The zero-order chi connectivity index (χ0) is 13.0. The molecule has 1 fully saturated rings. The molecule has 0 aliphatic heterocycles. The number of hydrogen-bond acceptors (Lipinski definition) is 2. The Hall–Kier alpha value is -0.860. The van der Waals surface area contributed by atoms with E-state index in [1.54, 1.807) is 0 Å². The van der Waals surface area contributed by atoms with Gasteiger partial charge in [0, 0.05) is 12.6 Å². The van der Waals surface area contributed by atoms with Crippen molar-refractivity contribution in [2.45, 2.75) is 44.7 Å². The maximum absolute atomic E-state index is 3.61. The lowest BCUT2D eigenvalue weighted by Crippen LogP contribution is -2.29. The van der Waals surface area contributed by atoms with Crippen LogP contribution in [-0.4, -0.2) is 31.6 Å². The van der Waals surface area contributed by atoms with E-state index in [2.05, 4.69) is 55.5 Å². The van der Waals surface area contributed by atoms with Crippen LogP contribution in [0.3, 0.4) is 0 Å². The van der Waals surface area contributed by atoms with Crippen molar-refractivity contribution in [1.29, 1.82) is 0 Å². The molecule has 1 aromatic carbocycles. The van der Waals surface area contributed by atoms with Gasteiger partial charge in [-0.2, -0.15) is 0 Å². The van der Waals surface area contributed by atoms with Gasteiger partial charge in [-0.05, 0) is 63.9 Å². The van der Waals surface area contributed by atoms with E-state index < -0.39 is 0 Å². The molecule has 0 heterocycles. The predicted octanol–water partition coefficient (Wildman–Crippen LogP) is 2.99. The van der Waals surface area contributed by atoms with Gasteiger partial charge in [0.25, 0.3) is 0 Å². The lowest BCUT2D eigenvalue weighted by atomic mass is 10.1. The highest BCUT2D eigenvalue weighted by Gasteiger charge is 2.23. The minimum Gasteiger partial charge on any atom is -0.310 e. The van der Waals surface area contributed by atoms with Crippen molar-refractivity contribution in [3.63, 3.8) is 0 Å². The van der Waals surface area contributed by atoms with Gasteiger partial charge in [-0.15, -0.1) is 0 Å². The summed E-state index contributed by atoms with van der Waals surface area (Å²) < 4.78 is 0. The largest absolute Gasteiger partial charge is 0.310 e. The summed E-state index contributed by atoms with van der Waals surface area (Å²) in [6, 6.07) is 9.67. The zero-order valence-corrected chi connectivity index (χ0v) is 11.9. The second-order valence-corrected chi connectivity index (χ2v) is 5.89. The molecule has 0 aromatic heterocycles. The third-order valence-corrected chi connectivity index (χ3v) is 3.66. The maximum atomic E-state index is 3.61. The molecule has 100 valence electrons. The number of benzene rings is 1. The average Bonchev–Trinajstić information content (AvgIpc) is 3.18. The summed E-state index contributed by atoms with van der Waals surface area (Å²) in [5.74, 6) is 0.858. The van der Waals surface area contributed by atoms with E-state index in [0.717, 1.165) is 19.0 Å². The summed E-state index contributed by atoms with van der Waals surface area (Å²) >= 11 is 0. The van der Waals surface area contributed by atoms with Gasteiger partial charge < -0.3 is 10.2 Å². The van der Waals surface area contributed by atoms with Gasteiger partial charge in [-0.1, -0.05) is 24.3 Å². The topological polar surface area (TPSA) is 15.3 Å². The Kier molecular flexibility index (Phi) is 4.79. The van der Waals surface area contributed by atoms with Crippen LogP contribution in [0.4, 0.5) is 0 Å². The first-order chi connectivity index (χ1) is 8.65. The van der Waals surface area contributed by atoms with Crippen molar-refractivity contribution in [3.05, 3.63) is 35.4 Å². The fraction of sp³-hybridized carbons (Fsp3) is 0.625. The molecule has 1 saturated carbocycles. The van der Waals surface area contributed by atoms with E-state index in [1.807, 2.05) is 0 Å². The van der Waals surface area contributed by atoms with Gasteiger partial charge in [0.2, 0.25) is 0 Å². The van der Waals surface area contributed by atoms with Gasteiger partial charge in [0.05, 0.1) is 0 Å². The van der Waals surface area contributed by atoms with Crippen molar-refractivity contribution in [2.24, 2.45) is 0 Å². The molecule has 2 nitrogen and oxygen atoms in total. The normalized spacial score (nSPS) is 17.1. The van der Waals surface area contributed by atoms with Gasteiger partial charge in [0.15, 0.2) is 0 Å². The Morgan fingerprint density at radius 3 is 2.78 bits per heavy atom. The molecule has 0 saturated heterocycles. The summed E-state index contributed by atoms with van der Waals surface area (Å²) in [6.07, 6.45) is 3.97. The van der Waals surface area contributed by atoms with Crippen LogP contribution in [0, 0.1) is 0 Å². The number of hydrogen-bond donors (Lipinski definition) is 1. The maximum Gasteiger partial charge on any atom is 0.0208 e. The molecule has 1 aromatic rings. The molecule has 18 heavy (non-hydrogen) atoms. The smallest absolute Gasteiger partial charge is 0.0208 e. The Labute approximate surface area is 111 Å². The second-order valence-electron chi connectivity index (χ2n) is 5.89. The van der Waals surface area contributed by atoms with E-state index in [4.69, 9.17) is 0 Å². The summed E-state index contributed by atoms with van der Waals surface area (Å²) in [4.78, 5) is 2.24. The quantitative estimate of drug-likeness (QED) is 0.795. The van der Waals surface area contributed by atoms with Crippen LogP contribution in [0.5, 0.6) is 0 Å². The minimum absolute atomic E-state index is 0.581. The summed E-state index contributed by atoms with van der Waals surface area (Å²) in [5.41, 5.74) is 2.96. The van der Waals surface area contributed by atoms with Crippen LogP contribution in [0.2, 0.25) is 0 Å². The molecular formula is C16H26N2. The molecular weight excluding hydrogens is 220 g/mol. The second kappa shape index (κ2) is 6.35. The number of nitrogens with zero attached hydrogens (tertiary/aromatic N) is 1. The van der Waals surface area contributed by atoms with Crippen LogP contribution in [0.15, 0.2) is 24.3 Å². The van der Waals surface area contributed by atoms with Gasteiger partial charge in [-0.25, -0.2) is 0 Å². The Balaban J connectivity index is 1.76. The molecule has 1 unspecified atom stereocenters. The van der Waals surface area contributed by atoms with Crippen LogP contribution < -0.4 is 5.32 Å². The standard InChI is InChI=1S/C16H26N2/c1-13(9-10-18(2)3)17-12-14-5-4-6-16(11-14)15-7-8-15/h4-6,11,13,15,17H,7-10,12H2,1-3H3. The summed E-state index contributed by atoms with van der Waals surface area (Å²) in [5, 5.41) is 3.61.